The van der Waals surface area contributed by atoms with Gasteiger partial charge in [0.2, 0.25) is 0 Å². The van der Waals surface area contributed by atoms with Crippen molar-refractivity contribution in [3.63, 3.8) is 0 Å². The molecule has 0 radical (unpaired) electrons. The van der Waals surface area contributed by atoms with E-state index < -0.39 is 6.43 Å². The Morgan fingerprint density at radius 1 is 1.64 bits per heavy atom. The number of pyridine rings is 1. The Morgan fingerprint density at radius 3 is 2.79 bits per heavy atom. The van der Waals surface area contributed by atoms with Crippen LogP contribution in [0.2, 0.25) is 0 Å². The quantitative estimate of drug-likeness (QED) is 0.674. The fourth-order valence-corrected chi connectivity index (χ4v) is 1.57. The third kappa shape index (κ3) is 2.29. The molecule has 0 aliphatic carbocycles. The molecule has 1 heterocycles. The first-order chi connectivity index (χ1) is 6.56. The zero-order valence-corrected chi connectivity index (χ0v) is 8.99. The van der Waals surface area contributed by atoms with Crippen LogP contribution in [0.3, 0.4) is 0 Å². The minimum absolute atomic E-state index is 0.0919. The summed E-state index contributed by atoms with van der Waals surface area (Å²) in [7, 11) is 0. The number of hydrogen-bond donors (Lipinski definition) is 1. The van der Waals surface area contributed by atoms with Crippen molar-refractivity contribution in [3.05, 3.63) is 21.0 Å². The van der Waals surface area contributed by atoms with Gasteiger partial charge in [0.05, 0.1) is 23.7 Å². The molecule has 6 heteroatoms. The normalized spacial score (nSPS) is 10.2. The Hall–Kier alpha value is -0.970. The second-order valence-electron chi connectivity index (χ2n) is 2.47. The number of aromatic hydroxyl groups is 1. The average molecular weight is 310 g/mol. The highest BCUT2D eigenvalue weighted by Crippen LogP contribution is 2.28. The maximum atomic E-state index is 12.3. The predicted octanol–water partition coefficient (Wildman–Crippen LogP) is 2.40. The minimum atomic E-state index is -2.67. The Bertz CT molecular complexity index is 390. The van der Waals surface area contributed by atoms with Gasteiger partial charge in [0.1, 0.15) is 9.45 Å². The number of halogens is 3. The Morgan fingerprint density at radius 2 is 2.29 bits per heavy atom. The summed E-state index contributed by atoms with van der Waals surface area (Å²) in [6.07, 6.45) is -2.76. The van der Waals surface area contributed by atoms with E-state index >= 15 is 0 Å². The molecule has 0 unspecified atom stereocenters. The Labute approximate surface area is 92.5 Å². The molecule has 1 aromatic heterocycles. The van der Waals surface area contributed by atoms with Gasteiger partial charge in [-0.05, 0) is 28.7 Å². The average Bonchev–Trinajstić information content (AvgIpc) is 2.10. The first-order valence-corrected chi connectivity index (χ1v) is 4.67. The molecular weight excluding hydrogens is 305 g/mol. The van der Waals surface area contributed by atoms with E-state index in [2.05, 4.69) is 4.98 Å². The number of nitrogens with zero attached hydrogens (tertiary/aromatic N) is 2. The molecule has 74 valence electrons. The van der Waals surface area contributed by atoms with Crippen molar-refractivity contribution in [1.29, 1.82) is 5.26 Å². The van der Waals surface area contributed by atoms with Gasteiger partial charge in [0.15, 0.2) is 0 Å². The summed E-state index contributed by atoms with van der Waals surface area (Å²) in [5, 5.41) is 17.6. The highest BCUT2D eigenvalue weighted by Gasteiger charge is 2.16. The van der Waals surface area contributed by atoms with Crippen molar-refractivity contribution in [2.24, 2.45) is 0 Å². The van der Waals surface area contributed by atoms with Crippen molar-refractivity contribution in [3.8, 4) is 11.8 Å². The molecule has 1 rings (SSSR count). The molecule has 1 aromatic rings. The van der Waals surface area contributed by atoms with Crippen LogP contribution in [0.25, 0.3) is 0 Å². The molecule has 0 aliphatic heterocycles. The van der Waals surface area contributed by atoms with Gasteiger partial charge in [-0.25, -0.2) is 13.8 Å². The van der Waals surface area contributed by atoms with Crippen molar-refractivity contribution < 1.29 is 13.9 Å². The number of hydrogen-bond acceptors (Lipinski definition) is 3. The van der Waals surface area contributed by atoms with Crippen LogP contribution in [0, 0.1) is 15.0 Å². The number of rotatable bonds is 2. The lowest BCUT2D eigenvalue weighted by Crippen LogP contribution is -1.98. The third-order valence-corrected chi connectivity index (χ3v) is 2.40. The summed E-state index contributed by atoms with van der Waals surface area (Å²) < 4.78 is 24.7. The largest absolute Gasteiger partial charge is 0.506 e. The maximum Gasteiger partial charge on any atom is 0.266 e. The van der Waals surface area contributed by atoms with Gasteiger partial charge >= 0.3 is 0 Å². The second-order valence-corrected chi connectivity index (χ2v) is 3.49. The van der Waals surface area contributed by atoms with Gasteiger partial charge in [-0.1, -0.05) is 0 Å². The molecule has 1 N–H and O–H groups in total. The summed E-state index contributed by atoms with van der Waals surface area (Å²) >= 11 is 1.65. The van der Waals surface area contributed by atoms with Gasteiger partial charge in [-0.15, -0.1) is 0 Å². The number of alkyl halides is 2. The van der Waals surface area contributed by atoms with E-state index in [1.54, 1.807) is 28.7 Å². The van der Waals surface area contributed by atoms with E-state index in [0.717, 1.165) is 6.07 Å². The standard InChI is InChI=1S/C8H5F2IN2O/c9-7(10)4-3-6(14)5(1-2-12)13-8(4)11/h3,7,14H,1H2. The molecule has 0 bridgehead atoms. The molecule has 0 fully saturated rings. The van der Waals surface area contributed by atoms with E-state index in [1.807, 2.05) is 0 Å². The van der Waals surface area contributed by atoms with E-state index in [-0.39, 0.29) is 27.1 Å². The fraction of sp³-hybridized carbons (Fsp3) is 0.250. The molecule has 0 atom stereocenters. The lowest BCUT2D eigenvalue weighted by Gasteiger charge is -2.05. The number of nitriles is 1. The highest BCUT2D eigenvalue weighted by atomic mass is 127. The summed E-state index contributed by atoms with van der Waals surface area (Å²) in [6.45, 7) is 0. The van der Waals surface area contributed by atoms with Crippen LogP contribution in [0.4, 0.5) is 8.78 Å². The summed E-state index contributed by atoms with van der Waals surface area (Å²) in [5.74, 6) is -0.359. The van der Waals surface area contributed by atoms with Crippen LogP contribution >= 0.6 is 22.6 Å². The van der Waals surface area contributed by atoms with Gasteiger partial charge in [0, 0.05) is 0 Å². The lowest BCUT2D eigenvalue weighted by atomic mass is 10.2. The van der Waals surface area contributed by atoms with Crippen molar-refractivity contribution >= 4 is 22.6 Å². The lowest BCUT2D eigenvalue weighted by molar-refractivity contribution is 0.149. The van der Waals surface area contributed by atoms with E-state index in [9.17, 15) is 13.9 Å². The molecule has 0 saturated heterocycles. The summed E-state index contributed by atoms with van der Waals surface area (Å²) in [5.41, 5.74) is -0.189. The smallest absolute Gasteiger partial charge is 0.266 e. The van der Waals surface area contributed by atoms with Crippen LogP contribution in [-0.2, 0) is 6.42 Å². The zero-order valence-electron chi connectivity index (χ0n) is 6.84. The zero-order chi connectivity index (χ0) is 10.7. The van der Waals surface area contributed by atoms with Crippen LogP contribution in [0.15, 0.2) is 6.07 Å². The SMILES string of the molecule is N#CCc1nc(I)c(C(F)F)cc1O. The van der Waals surface area contributed by atoms with Gasteiger partial charge < -0.3 is 5.11 Å². The summed E-state index contributed by atoms with van der Waals surface area (Å²) in [4.78, 5) is 3.72. The van der Waals surface area contributed by atoms with Crippen LogP contribution in [0.1, 0.15) is 17.7 Å². The van der Waals surface area contributed by atoms with E-state index in [0.29, 0.717) is 0 Å². The van der Waals surface area contributed by atoms with Crippen molar-refractivity contribution in [2.45, 2.75) is 12.8 Å². The van der Waals surface area contributed by atoms with Crippen molar-refractivity contribution in [2.75, 3.05) is 0 Å². The third-order valence-electron chi connectivity index (χ3n) is 1.54. The van der Waals surface area contributed by atoms with Gasteiger partial charge in [-0.2, -0.15) is 5.26 Å². The summed E-state index contributed by atoms with van der Waals surface area (Å²) in [6, 6.07) is 2.74. The maximum absolute atomic E-state index is 12.3. The molecule has 0 amide bonds. The minimum Gasteiger partial charge on any atom is -0.506 e. The topological polar surface area (TPSA) is 56.9 Å². The molecule has 14 heavy (non-hydrogen) atoms. The van der Waals surface area contributed by atoms with E-state index in [4.69, 9.17) is 5.26 Å². The fourth-order valence-electron chi connectivity index (χ4n) is 0.888. The molecule has 0 aromatic carbocycles. The monoisotopic (exact) mass is 310 g/mol. The molecule has 0 spiro atoms. The molecular formula is C8H5F2IN2O. The Balaban J connectivity index is 3.18. The molecule has 0 saturated carbocycles. The first kappa shape index (κ1) is 11.1. The van der Waals surface area contributed by atoms with Gasteiger partial charge in [-0.3, -0.25) is 0 Å². The van der Waals surface area contributed by atoms with Crippen molar-refractivity contribution in [1.82, 2.24) is 4.98 Å². The first-order valence-electron chi connectivity index (χ1n) is 3.59. The Kier molecular flexibility index (Phi) is 3.57. The molecule has 3 nitrogen and oxygen atoms in total. The van der Waals surface area contributed by atoms with Gasteiger partial charge in [0.25, 0.3) is 6.43 Å². The van der Waals surface area contributed by atoms with Crippen LogP contribution in [-0.4, -0.2) is 10.1 Å². The second kappa shape index (κ2) is 4.50. The van der Waals surface area contributed by atoms with Crippen LogP contribution in [0.5, 0.6) is 5.75 Å². The van der Waals surface area contributed by atoms with Crippen LogP contribution < -0.4 is 0 Å². The molecule has 0 aliphatic rings. The number of aromatic nitrogens is 1. The highest BCUT2D eigenvalue weighted by molar-refractivity contribution is 14.1. The predicted molar refractivity (Wildman–Crippen MR) is 52.9 cm³/mol. The van der Waals surface area contributed by atoms with E-state index in [1.165, 1.54) is 0 Å².